The third kappa shape index (κ3) is 4.80. The largest absolute Gasteiger partial charge is 0.375 e. The van der Waals surface area contributed by atoms with E-state index in [0.29, 0.717) is 22.8 Å². The fourth-order valence-corrected chi connectivity index (χ4v) is 3.47. The number of nitrogens with zero attached hydrogens (tertiary/aromatic N) is 2. The average molecular weight is 390 g/mol. The first-order chi connectivity index (χ1) is 12.9. The normalized spacial score (nSPS) is 17.4. The number of benzene rings is 1. The summed E-state index contributed by atoms with van der Waals surface area (Å²) >= 11 is 0. The fraction of sp³-hybridized carbons (Fsp3) is 0.235. The smallest absolute Gasteiger partial charge is 0.257 e. The van der Waals surface area contributed by atoms with Gasteiger partial charge in [0.05, 0.1) is 11.3 Å². The van der Waals surface area contributed by atoms with Gasteiger partial charge < -0.3 is 20.3 Å². The van der Waals surface area contributed by atoms with Crippen molar-refractivity contribution in [3.05, 3.63) is 48.2 Å². The molecule has 0 atom stereocenters. The highest BCUT2D eigenvalue weighted by molar-refractivity contribution is 7.90. The van der Waals surface area contributed by atoms with Crippen molar-refractivity contribution < 1.29 is 22.7 Å². The summed E-state index contributed by atoms with van der Waals surface area (Å²) in [5.41, 5.74) is 1.52. The standard InChI is InChI=1S/C17H18N4O5S/c1-26-11-16(22)18-13-3-5-14(6-4-13)19-17(23)12-2-7-15-20-27(24,25)9-8-21(15)10-12/h2-7,10H,8-9,11H2,1H3,(H,18,22)(H,19,23). The van der Waals surface area contributed by atoms with Crippen molar-refractivity contribution in [1.29, 1.82) is 0 Å². The van der Waals surface area contributed by atoms with Gasteiger partial charge in [-0.3, -0.25) is 9.59 Å². The summed E-state index contributed by atoms with van der Waals surface area (Å²) in [7, 11) is -1.99. The van der Waals surface area contributed by atoms with E-state index in [9.17, 15) is 18.0 Å². The maximum atomic E-state index is 12.4. The molecule has 0 radical (unpaired) electrons. The van der Waals surface area contributed by atoms with Gasteiger partial charge in [0.1, 0.15) is 12.4 Å². The van der Waals surface area contributed by atoms with E-state index < -0.39 is 10.0 Å². The summed E-state index contributed by atoms with van der Waals surface area (Å²) < 4.78 is 31.4. The van der Waals surface area contributed by atoms with Crippen LogP contribution < -0.4 is 10.6 Å². The molecule has 0 bridgehead atoms. The van der Waals surface area contributed by atoms with Crippen molar-refractivity contribution in [2.24, 2.45) is 4.40 Å². The molecule has 0 aromatic heterocycles. The van der Waals surface area contributed by atoms with Gasteiger partial charge in [0.15, 0.2) is 0 Å². The van der Waals surface area contributed by atoms with E-state index in [2.05, 4.69) is 15.0 Å². The Bertz CT molecular complexity index is 948. The predicted octanol–water partition coefficient (Wildman–Crippen LogP) is 0.708. The quantitative estimate of drug-likeness (QED) is 0.765. The highest BCUT2D eigenvalue weighted by Gasteiger charge is 2.24. The van der Waals surface area contributed by atoms with Gasteiger partial charge in [0.25, 0.3) is 15.9 Å². The zero-order valence-electron chi connectivity index (χ0n) is 14.5. The first kappa shape index (κ1) is 18.8. The molecule has 0 saturated carbocycles. The summed E-state index contributed by atoms with van der Waals surface area (Å²) in [6.07, 6.45) is 4.59. The maximum Gasteiger partial charge on any atom is 0.257 e. The molecule has 0 fully saturated rings. The van der Waals surface area contributed by atoms with Crippen molar-refractivity contribution in [2.75, 3.05) is 36.6 Å². The second kappa shape index (κ2) is 7.72. The molecular formula is C17H18N4O5S. The summed E-state index contributed by atoms with van der Waals surface area (Å²) in [6, 6.07) is 6.64. The van der Waals surface area contributed by atoms with E-state index in [1.165, 1.54) is 19.3 Å². The van der Waals surface area contributed by atoms with Gasteiger partial charge in [-0.15, -0.1) is 4.40 Å². The molecule has 9 nitrogen and oxygen atoms in total. The molecule has 2 N–H and O–H groups in total. The molecule has 0 spiro atoms. The zero-order chi connectivity index (χ0) is 19.4. The lowest BCUT2D eigenvalue weighted by Gasteiger charge is -2.26. The summed E-state index contributed by atoms with van der Waals surface area (Å²) in [4.78, 5) is 25.5. The Balaban J connectivity index is 1.64. The van der Waals surface area contributed by atoms with Crippen molar-refractivity contribution in [3.63, 3.8) is 0 Å². The van der Waals surface area contributed by atoms with Gasteiger partial charge in [-0.1, -0.05) is 0 Å². The van der Waals surface area contributed by atoms with Crippen LogP contribution in [-0.4, -0.2) is 57.0 Å². The number of ether oxygens (including phenoxy) is 1. The fourth-order valence-electron chi connectivity index (χ4n) is 2.50. The van der Waals surface area contributed by atoms with E-state index in [-0.39, 0.29) is 30.7 Å². The lowest BCUT2D eigenvalue weighted by atomic mass is 10.1. The Hall–Kier alpha value is -2.98. The van der Waals surface area contributed by atoms with E-state index >= 15 is 0 Å². The Labute approximate surface area is 156 Å². The molecule has 27 heavy (non-hydrogen) atoms. The second-order valence-corrected chi connectivity index (χ2v) is 7.61. The van der Waals surface area contributed by atoms with Crippen molar-refractivity contribution in [3.8, 4) is 0 Å². The molecule has 142 valence electrons. The molecule has 2 amide bonds. The minimum absolute atomic E-state index is 0.0396. The number of amidine groups is 1. The average Bonchev–Trinajstić information content (AvgIpc) is 2.62. The Morgan fingerprint density at radius 3 is 2.48 bits per heavy atom. The number of nitrogens with one attached hydrogen (secondary N) is 2. The molecule has 2 heterocycles. The van der Waals surface area contributed by atoms with Gasteiger partial charge in [-0.05, 0) is 36.4 Å². The van der Waals surface area contributed by atoms with Gasteiger partial charge in [0, 0.05) is 31.2 Å². The summed E-state index contributed by atoms with van der Waals surface area (Å²) in [6.45, 7) is 0.209. The minimum Gasteiger partial charge on any atom is -0.375 e. The molecule has 1 aromatic carbocycles. The van der Waals surface area contributed by atoms with Gasteiger partial charge in [-0.25, -0.2) is 8.42 Å². The van der Waals surface area contributed by atoms with Crippen LogP contribution in [0.2, 0.25) is 0 Å². The topological polar surface area (TPSA) is 117 Å². The number of rotatable bonds is 5. The third-order valence-corrected chi connectivity index (χ3v) is 4.95. The molecule has 1 aromatic rings. The van der Waals surface area contributed by atoms with E-state index in [1.54, 1.807) is 35.4 Å². The number of carbonyl (C=O) groups is 2. The molecule has 0 aliphatic carbocycles. The molecule has 0 saturated heterocycles. The van der Waals surface area contributed by atoms with Crippen LogP contribution in [0.25, 0.3) is 0 Å². The van der Waals surface area contributed by atoms with Crippen molar-refractivity contribution in [2.45, 2.75) is 0 Å². The first-order valence-electron chi connectivity index (χ1n) is 8.06. The number of hydrogen-bond donors (Lipinski definition) is 2. The predicted molar refractivity (Wildman–Crippen MR) is 101 cm³/mol. The monoisotopic (exact) mass is 390 g/mol. The number of fused-ring (bicyclic) bond motifs is 1. The molecule has 2 aliphatic heterocycles. The first-order valence-corrected chi connectivity index (χ1v) is 9.66. The molecule has 0 unspecified atom stereocenters. The van der Waals surface area contributed by atoms with Gasteiger partial charge in [0.2, 0.25) is 5.91 Å². The third-order valence-electron chi connectivity index (χ3n) is 3.79. The van der Waals surface area contributed by atoms with Crippen LogP contribution in [0.15, 0.2) is 52.6 Å². The highest BCUT2D eigenvalue weighted by atomic mass is 32.2. The molecule has 3 rings (SSSR count). The Morgan fingerprint density at radius 1 is 1.15 bits per heavy atom. The van der Waals surface area contributed by atoms with E-state index in [4.69, 9.17) is 4.74 Å². The Morgan fingerprint density at radius 2 is 1.81 bits per heavy atom. The number of methoxy groups -OCH3 is 1. The van der Waals surface area contributed by atoms with Gasteiger partial charge >= 0.3 is 0 Å². The van der Waals surface area contributed by atoms with Crippen molar-refractivity contribution in [1.82, 2.24) is 4.90 Å². The number of sulfonamides is 1. The summed E-state index contributed by atoms with van der Waals surface area (Å²) in [5, 5.41) is 5.40. The lowest BCUT2D eigenvalue weighted by Crippen LogP contribution is -2.37. The van der Waals surface area contributed by atoms with Crippen LogP contribution in [0.1, 0.15) is 0 Å². The minimum atomic E-state index is -3.43. The van der Waals surface area contributed by atoms with Crippen LogP contribution >= 0.6 is 0 Å². The Kier molecular flexibility index (Phi) is 5.38. The van der Waals surface area contributed by atoms with Gasteiger partial charge in [-0.2, -0.15) is 0 Å². The number of amides is 2. The highest BCUT2D eigenvalue weighted by Crippen LogP contribution is 2.18. The number of hydrogen-bond acceptors (Lipinski definition) is 6. The van der Waals surface area contributed by atoms with Crippen LogP contribution in [0, 0.1) is 0 Å². The second-order valence-electron chi connectivity index (χ2n) is 5.86. The van der Waals surface area contributed by atoms with Crippen LogP contribution in [0.4, 0.5) is 11.4 Å². The van der Waals surface area contributed by atoms with Crippen LogP contribution in [0.5, 0.6) is 0 Å². The van der Waals surface area contributed by atoms with Crippen molar-refractivity contribution >= 4 is 39.0 Å². The van der Waals surface area contributed by atoms with E-state index in [0.717, 1.165) is 0 Å². The molecule has 2 aliphatic rings. The maximum absolute atomic E-state index is 12.4. The number of anilines is 2. The zero-order valence-corrected chi connectivity index (χ0v) is 15.3. The number of carbonyl (C=O) groups excluding carboxylic acids is 2. The van der Waals surface area contributed by atoms with Crippen LogP contribution in [0.3, 0.4) is 0 Å². The summed E-state index contributed by atoms with van der Waals surface area (Å²) in [5.74, 6) is -0.400. The lowest BCUT2D eigenvalue weighted by molar-refractivity contribution is -0.119. The van der Waals surface area contributed by atoms with Crippen LogP contribution in [-0.2, 0) is 24.3 Å². The van der Waals surface area contributed by atoms with E-state index in [1.807, 2.05) is 0 Å². The molecule has 10 heteroatoms. The molecular weight excluding hydrogens is 372 g/mol. The SMILES string of the molecule is COCC(=O)Nc1ccc(NC(=O)C2=CN3CCS(=O)(=O)N=C3C=C2)cc1.